The number of carboxylic acids is 1. The average Bonchev–Trinajstić information content (AvgIpc) is 2.46. The van der Waals surface area contributed by atoms with Crippen LogP contribution in [0.3, 0.4) is 0 Å². The number of rotatable bonds is 2. The van der Waals surface area contributed by atoms with Gasteiger partial charge in [-0.15, -0.1) is 0 Å². The van der Waals surface area contributed by atoms with Gasteiger partial charge in [-0.05, 0) is 66.9 Å². The van der Waals surface area contributed by atoms with Crippen molar-refractivity contribution in [2.75, 3.05) is 0 Å². The Morgan fingerprint density at radius 2 is 2.00 bits per heavy atom. The quantitative estimate of drug-likeness (QED) is 0.803. The minimum Gasteiger partial charge on any atom is -0.481 e. The van der Waals surface area contributed by atoms with Crippen LogP contribution in [0.1, 0.15) is 59.8 Å². The Labute approximate surface area is 139 Å². The molecule has 5 unspecified atom stereocenters. The lowest BCUT2D eigenvalue weighted by atomic mass is 9.46. The molecule has 2 N–H and O–H groups in total. The molecule has 1 fully saturated rings. The Morgan fingerprint density at radius 1 is 1.30 bits per heavy atom. The maximum absolute atomic E-state index is 12.0. The van der Waals surface area contributed by atoms with Crippen molar-refractivity contribution >= 4 is 5.97 Å². The van der Waals surface area contributed by atoms with Crippen LogP contribution in [0.4, 0.5) is 0 Å². The van der Waals surface area contributed by atoms with Gasteiger partial charge in [0.25, 0.3) is 0 Å². The van der Waals surface area contributed by atoms with Crippen LogP contribution >= 0.6 is 0 Å². The van der Waals surface area contributed by atoms with Crippen molar-refractivity contribution in [3.05, 3.63) is 23.3 Å². The molecule has 0 bridgehead atoms. The Balaban J connectivity index is 2.03. The van der Waals surface area contributed by atoms with E-state index in [1.54, 1.807) is 0 Å². The van der Waals surface area contributed by atoms with Gasteiger partial charge < -0.3 is 10.2 Å². The van der Waals surface area contributed by atoms with E-state index in [9.17, 15) is 15.0 Å². The van der Waals surface area contributed by atoms with E-state index in [-0.39, 0.29) is 23.4 Å². The molecule has 3 rings (SSSR count). The zero-order valence-corrected chi connectivity index (χ0v) is 14.8. The molecular weight excluding hydrogens is 288 g/mol. The first-order chi connectivity index (χ1) is 10.7. The topological polar surface area (TPSA) is 57.5 Å². The van der Waals surface area contributed by atoms with Crippen LogP contribution in [0.2, 0.25) is 0 Å². The zero-order valence-electron chi connectivity index (χ0n) is 14.8. The molecule has 128 valence electrons. The minimum atomic E-state index is -0.653. The molecule has 0 saturated heterocycles. The van der Waals surface area contributed by atoms with Crippen LogP contribution < -0.4 is 0 Å². The molecule has 3 aliphatic carbocycles. The fraction of sp³-hybridized carbons (Fsp3) is 0.750. The number of carboxylic acid groups (broad SMARTS) is 1. The molecule has 0 amide bonds. The predicted molar refractivity (Wildman–Crippen MR) is 90.9 cm³/mol. The number of aliphatic hydroxyl groups excluding tert-OH is 1. The monoisotopic (exact) mass is 318 g/mol. The minimum absolute atomic E-state index is 0.0184. The highest BCUT2D eigenvalue weighted by Crippen LogP contribution is 2.62. The molecule has 3 heteroatoms. The van der Waals surface area contributed by atoms with Crippen LogP contribution in [0.5, 0.6) is 0 Å². The summed E-state index contributed by atoms with van der Waals surface area (Å²) >= 11 is 0. The van der Waals surface area contributed by atoms with Crippen molar-refractivity contribution in [1.29, 1.82) is 0 Å². The van der Waals surface area contributed by atoms with Gasteiger partial charge in [-0.1, -0.05) is 39.3 Å². The van der Waals surface area contributed by atoms with Gasteiger partial charge in [0.2, 0.25) is 0 Å². The van der Waals surface area contributed by atoms with Crippen molar-refractivity contribution in [2.45, 2.75) is 65.9 Å². The Bertz CT molecular complexity index is 573. The number of allylic oxidation sites excluding steroid dienone is 3. The van der Waals surface area contributed by atoms with Gasteiger partial charge in [-0.2, -0.15) is 0 Å². The van der Waals surface area contributed by atoms with Crippen LogP contribution in [0.25, 0.3) is 0 Å². The standard InChI is InChI=1S/C20H30O3/c1-12(2)14-10-13-6-7-17-19(3,15(13)11-16(14)21)8-5-9-20(17,4)18(22)23/h6,10,12,15-17,21H,5,7-9,11H2,1-4H3,(H,22,23). The van der Waals surface area contributed by atoms with Gasteiger partial charge >= 0.3 is 5.97 Å². The first-order valence-corrected chi connectivity index (χ1v) is 9.03. The normalized spacial score (nSPS) is 43.3. The molecule has 0 aromatic heterocycles. The first kappa shape index (κ1) is 16.8. The highest BCUT2D eigenvalue weighted by molar-refractivity contribution is 5.75. The first-order valence-electron chi connectivity index (χ1n) is 9.03. The van der Waals surface area contributed by atoms with Gasteiger partial charge in [0, 0.05) is 0 Å². The summed E-state index contributed by atoms with van der Waals surface area (Å²) in [6, 6.07) is 0. The van der Waals surface area contributed by atoms with Crippen molar-refractivity contribution in [2.24, 2.45) is 28.6 Å². The molecule has 0 aromatic carbocycles. The van der Waals surface area contributed by atoms with E-state index in [0.29, 0.717) is 5.92 Å². The molecular formula is C20H30O3. The van der Waals surface area contributed by atoms with Gasteiger partial charge in [0.15, 0.2) is 0 Å². The number of hydrogen-bond acceptors (Lipinski definition) is 2. The second-order valence-electron chi connectivity index (χ2n) is 8.68. The van der Waals surface area contributed by atoms with Gasteiger partial charge in [0.1, 0.15) is 0 Å². The molecule has 0 aromatic rings. The molecule has 3 aliphatic rings. The second-order valence-corrected chi connectivity index (χ2v) is 8.68. The second kappa shape index (κ2) is 5.47. The molecule has 0 spiro atoms. The highest BCUT2D eigenvalue weighted by Gasteiger charge is 2.57. The molecule has 0 radical (unpaired) electrons. The van der Waals surface area contributed by atoms with E-state index >= 15 is 0 Å². The van der Waals surface area contributed by atoms with Crippen molar-refractivity contribution in [3.8, 4) is 0 Å². The zero-order chi connectivity index (χ0) is 17.0. The van der Waals surface area contributed by atoms with Gasteiger partial charge in [0.05, 0.1) is 11.5 Å². The molecule has 1 saturated carbocycles. The lowest BCUT2D eigenvalue weighted by molar-refractivity contribution is -0.162. The number of aliphatic carboxylic acids is 1. The van der Waals surface area contributed by atoms with Crippen molar-refractivity contribution in [1.82, 2.24) is 0 Å². The third-order valence-electron chi connectivity index (χ3n) is 7.10. The molecule has 3 nitrogen and oxygen atoms in total. The number of hydrogen-bond donors (Lipinski definition) is 2. The van der Waals surface area contributed by atoms with E-state index in [1.165, 1.54) is 5.57 Å². The van der Waals surface area contributed by atoms with Crippen LogP contribution in [-0.4, -0.2) is 22.3 Å². The largest absolute Gasteiger partial charge is 0.481 e. The van der Waals surface area contributed by atoms with Crippen molar-refractivity contribution in [3.63, 3.8) is 0 Å². The van der Waals surface area contributed by atoms with Crippen LogP contribution in [0.15, 0.2) is 23.3 Å². The summed E-state index contributed by atoms with van der Waals surface area (Å²) in [5.41, 5.74) is 1.82. The highest BCUT2D eigenvalue weighted by atomic mass is 16.4. The Morgan fingerprint density at radius 3 is 2.61 bits per heavy atom. The summed E-state index contributed by atoms with van der Waals surface area (Å²) < 4.78 is 0. The third-order valence-corrected chi connectivity index (χ3v) is 7.10. The summed E-state index contributed by atoms with van der Waals surface area (Å²) in [5, 5.41) is 20.4. The maximum atomic E-state index is 12.0. The van der Waals surface area contributed by atoms with Gasteiger partial charge in [-0.3, -0.25) is 4.79 Å². The van der Waals surface area contributed by atoms with E-state index in [1.807, 2.05) is 6.92 Å². The van der Waals surface area contributed by atoms with Crippen LogP contribution in [0, 0.1) is 28.6 Å². The number of fused-ring (bicyclic) bond motifs is 3. The number of aliphatic hydroxyl groups is 1. The number of carbonyl (C=O) groups is 1. The summed E-state index contributed by atoms with van der Waals surface area (Å²) in [6.07, 6.45) is 8.49. The molecule has 0 heterocycles. The van der Waals surface area contributed by atoms with Crippen LogP contribution in [-0.2, 0) is 4.79 Å². The van der Waals surface area contributed by atoms with E-state index in [0.717, 1.165) is 37.7 Å². The smallest absolute Gasteiger partial charge is 0.309 e. The Hall–Kier alpha value is -1.09. The van der Waals surface area contributed by atoms with Crippen molar-refractivity contribution < 1.29 is 15.0 Å². The fourth-order valence-electron chi connectivity index (χ4n) is 5.66. The van der Waals surface area contributed by atoms with E-state index in [2.05, 4.69) is 32.9 Å². The summed E-state index contributed by atoms with van der Waals surface area (Å²) in [5.74, 6) is 0.155. The molecule has 0 aliphatic heterocycles. The van der Waals surface area contributed by atoms with E-state index in [4.69, 9.17) is 0 Å². The predicted octanol–water partition coefficient (Wildman–Crippen LogP) is 4.18. The summed E-state index contributed by atoms with van der Waals surface area (Å²) in [7, 11) is 0. The lowest BCUT2D eigenvalue weighted by Crippen LogP contribution is -2.53. The molecule has 5 atom stereocenters. The fourth-order valence-corrected chi connectivity index (χ4v) is 5.66. The SMILES string of the molecule is CC(C)C1=CC2=CCC3C(C)(C(=O)O)CCCC3(C)C2CC1O. The summed E-state index contributed by atoms with van der Waals surface area (Å²) in [6.45, 7) is 8.47. The van der Waals surface area contributed by atoms with Gasteiger partial charge in [-0.25, -0.2) is 0 Å². The lowest BCUT2D eigenvalue weighted by Gasteiger charge is -2.57. The average molecular weight is 318 g/mol. The third kappa shape index (κ3) is 2.39. The maximum Gasteiger partial charge on any atom is 0.309 e. The Kier molecular flexibility index (Phi) is 3.99. The van der Waals surface area contributed by atoms with E-state index < -0.39 is 11.4 Å². The summed E-state index contributed by atoms with van der Waals surface area (Å²) in [4.78, 5) is 12.0. The molecule has 23 heavy (non-hydrogen) atoms.